The lowest BCUT2D eigenvalue weighted by atomic mass is 10.1. The fraction of sp³-hybridized carbons (Fsp3) is 0.111. The van der Waals surface area contributed by atoms with E-state index in [0.717, 1.165) is 16.6 Å². The Labute approximate surface area is 201 Å². The minimum atomic E-state index is -0.286. The molecule has 2 aromatic heterocycles. The average molecular weight is 466 g/mol. The van der Waals surface area contributed by atoms with Crippen molar-refractivity contribution in [1.29, 1.82) is 0 Å². The molecule has 0 aliphatic heterocycles. The first-order chi connectivity index (χ1) is 17.2. The third-order valence-electron chi connectivity index (χ3n) is 5.56. The third kappa shape index (κ3) is 5.27. The van der Waals surface area contributed by atoms with E-state index in [4.69, 9.17) is 4.42 Å². The van der Waals surface area contributed by atoms with Crippen LogP contribution in [-0.2, 0) is 17.9 Å². The maximum absolute atomic E-state index is 13.3. The van der Waals surface area contributed by atoms with Gasteiger partial charge in [-0.3, -0.25) is 9.59 Å². The van der Waals surface area contributed by atoms with Gasteiger partial charge in [-0.05, 0) is 54.1 Å². The minimum absolute atomic E-state index is 0.110. The molecule has 5 rings (SSSR count). The normalized spacial score (nSPS) is 10.9. The van der Waals surface area contributed by atoms with Crippen molar-refractivity contribution in [3.8, 4) is 0 Å². The van der Waals surface area contributed by atoms with E-state index in [2.05, 4.69) is 15.6 Å². The van der Waals surface area contributed by atoms with E-state index in [1.54, 1.807) is 42.7 Å². The van der Waals surface area contributed by atoms with Crippen molar-refractivity contribution in [2.45, 2.75) is 13.1 Å². The maximum Gasteiger partial charge on any atom is 0.254 e. The zero-order valence-electron chi connectivity index (χ0n) is 18.9. The molecule has 5 aromatic rings. The number of rotatable bonds is 8. The number of nitrogens with one attached hydrogen (secondary N) is 1. The van der Waals surface area contributed by atoms with Crippen LogP contribution < -0.4 is 5.32 Å². The fourth-order valence-corrected chi connectivity index (χ4v) is 3.83. The second-order valence-electron chi connectivity index (χ2n) is 8.09. The number of para-hydroxylation sites is 2. The van der Waals surface area contributed by atoms with Crippen LogP contribution in [0.15, 0.2) is 102 Å². The van der Waals surface area contributed by atoms with Crippen molar-refractivity contribution in [3.63, 3.8) is 0 Å². The second kappa shape index (κ2) is 10.0. The van der Waals surface area contributed by atoms with E-state index in [1.165, 1.54) is 4.90 Å². The Morgan fingerprint density at radius 3 is 2.43 bits per heavy atom. The van der Waals surface area contributed by atoms with Gasteiger partial charge in [-0.15, -0.1) is 5.10 Å². The molecule has 0 bridgehead atoms. The van der Waals surface area contributed by atoms with Gasteiger partial charge in [0.05, 0.1) is 24.9 Å². The number of carbonyl (C=O) groups excluding carboxylic acids is 2. The second-order valence-corrected chi connectivity index (χ2v) is 8.09. The van der Waals surface area contributed by atoms with Gasteiger partial charge >= 0.3 is 0 Å². The summed E-state index contributed by atoms with van der Waals surface area (Å²) < 4.78 is 7.24. The fourth-order valence-electron chi connectivity index (χ4n) is 3.83. The van der Waals surface area contributed by atoms with Crippen molar-refractivity contribution in [2.75, 3.05) is 11.9 Å². The molecular formula is C27H23N5O3. The van der Waals surface area contributed by atoms with Crippen LogP contribution in [0.25, 0.3) is 11.0 Å². The maximum atomic E-state index is 13.3. The van der Waals surface area contributed by atoms with Crippen LogP contribution in [-0.4, -0.2) is 38.3 Å². The van der Waals surface area contributed by atoms with Crippen LogP contribution in [0.2, 0.25) is 0 Å². The molecule has 2 heterocycles. The highest BCUT2D eigenvalue weighted by molar-refractivity contribution is 5.99. The predicted molar refractivity (Wildman–Crippen MR) is 132 cm³/mol. The number of furan rings is 1. The van der Waals surface area contributed by atoms with Crippen LogP contribution in [0.1, 0.15) is 21.7 Å². The number of anilines is 1. The first-order valence-corrected chi connectivity index (χ1v) is 11.2. The molecule has 0 aliphatic carbocycles. The van der Waals surface area contributed by atoms with Crippen LogP contribution in [0.4, 0.5) is 5.69 Å². The van der Waals surface area contributed by atoms with Crippen molar-refractivity contribution >= 4 is 28.5 Å². The minimum Gasteiger partial charge on any atom is -0.467 e. The SMILES string of the molecule is O=C(CN(Cc1ccco1)C(=O)c1ccc(Cn2nnc3ccccc32)cc1)Nc1ccccc1. The first kappa shape index (κ1) is 22.1. The quantitative estimate of drug-likeness (QED) is 0.368. The third-order valence-corrected chi connectivity index (χ3v) is 5.56. The Kier molecular flexibility index (Phi) is 6.34. The van der Waals surface area contributed by atoms with E-state index in [-0.39, 0.29) is 24.9 Å². The Bertz CT molecular complexity index is 1430. The average Bonchev–Trinajstić information content (AvgIpc) is 3.55. The highest BCUT2D eigenvalue weighted by atomic mass is 16.3. The highest BCUT2D eigenvalue weighted by Gasteiger charge is 2.20. The molecule has 35 heavy (non-hydrogen) atoms. The number of fused-ring (bicyclic) bond motifs is 1. The van der Waals surface area contributed by atoms with Crippen molar-refractivity contribution in [2.24, 2.45) is 0 Å². The number of aromatic nitrogens is 3. The Hall–Kier alpha value is -4.72. The summed E-state index contributed by atoms with van der Waals surface area (Å²) in [6, 6.07) is 27.8. The summed E-state index contributed by atoms with van der Waals surface area (Å²) in [5, 5.41) is 11.2. The molecule has 8 heteroatoms. The lowest BCUT2D eigenvalue weighted by molar-refractivity contribution is -0.117. The Morgan fingerprint density at radius 2 is 1.66 bits per heavy atom. The molecule has 0 saturated carbocycles. The van der Waals surface area contributed by atoms with Gasteiger partial charge in [-0.2, -0.15) is 0 Å². The first-order valence-electron chi connectivity index (χ1n) is 11.2. The molecule has 174 valence electrons. The number of benzene rings is 3. The molecule has 0 radical (unpaired) electrons. The van der Waals surface area contributed by atoms with Gasteiger partial charge in [0.1, 0.15) is 17.8 Å². The molecule has 0 saturated heterocycles. The summed E-state index contributed by atoms with van der Waals surface area (Å²) in [6.07, 6.45) is 1.55. The lowest BCUT2D eigenvalue weighted by Crippen LogP contribution is -2.37. The van der Waals surface area contributed by atoms with E-state index >= 15 is 0 Å². The van der Waals surface area contributed by atoms with Gasteiger partial charge in [0.15, 0.2) is 0 Å². The molecule has 0 spiro atoms. The molecule has 2 amide bonds. The van der Waals surface area contributed by atoms with Crippen LogP contribution in [0.5, 0.6) is 0 Å². The van der Waals surface area contributed by atoms with Gasteiger partial charge in [0, 0.05) is 11.3 Å². The van der Waals surface area contributed by atoms with Crippen LogP contribution in [0.3, 0.4) is 0 Å². The number of hydrogen-bond acceptors (Lipinski definition) is 5. The monoisotopic (exact) mass is 465 g/mol. The van der Waals surface area contributed by atoms with Gasteiger partial charge in [-0.25, -0.2) is 4.68 Å². The zero-order chi connectivity index (χ0) is 24.0. The highest BCUT2D eigenvalue weighted by Crippen LogP contribution is 2.15. The number of amides is 2. The van der Waals surface area contributed by atoms with Crippen molar-refractivity contribution < 1.29 is 14.0 Å². The summed E-state index contributed by atoms with van der Waals surface area (Å²) in [4.78, 5) is 27.5. The largest absolute Gasteiger partial charge is 0.467 e. The predicted octanol–water partition coefficient (Wildman–Crippen LogP) is 4.35. The Balaban J connectivity index is 1.31. The van der Waals surface area contributed by atoms with Gasteiger partial charge in [0.25, 0.3) is 5.91 Å². The molecule has 0 unspecified atom stereocenters. The van der Waals surface area contributed by atoms with E-state index < -0.39 is 0 Å². The molecule has 0 fully saturated rings. The van der Waals surface area contributed by atoms with Crippen LogP contribution in [0, 0.1) is 0 Å². The summed E-state index contributed by atoms with van der Waals surface area (Å²) in [5.74, 6) is 0.0497. The molecule has 0 atom stereocenters. The van der Waals surface area contributed by atoms with Crippen molar-refractivity contribution in [1.82, 2.24) is 19.9 Å². The molecule has 3 aromatic carbocycles. The summed E-state index contributed by atoms with van der Waals surface area (Å²) in [7, 11) is 0. The number of carbonyl (C=O) groups is 2. The van der Waals surface area contributed by atoms with Gasteiger partial charge < -0.3 is 14.6 Å². The van der Waals surface area contributed by atoms with Gasteiger partial charge in [0.2, 0.25) is 5.91 Å². The van der Waals surface area contributed by atoms with E-state index in [9.17, 15) is 9.59 Å². The smallest absolute Gasteiger partial charge is 0.254 e. The van der Waals surface area contributed by atoms with E-state index in [0.29, 0.717) is 23.6 Å². The molecule has 1 N–H and O–H groups in total. The summed E-state index contributed by atoms with van der Waals surface area (Å²) in [6.45, 7) is 0.604. The van der Waals surface area contributed by atoms with Gasteiger partial charge in [-0.1, -0.05) is 47.7 Å². The van der Waals surface area contributed by atoms with Crippen molar-refractivity contribution in [3.05, 3.63) is 114 Å². The topological polar surface area (TPSA) is 93.3 Å². The number of nitrogens with zero attached hydrogens (tertiary/aromatic N) is 4. The number of hydrogen-bond donors (Lipinski definition) is 1. The molecule has 0 aliphatic rings. The summed E-state index contributed by atoms with van der Waals surface area (Å²) in [5.41, 5.74) is 3.92. The molecular weight excluding hydrogens is 442 g/mol. The zero-order valence-corrected chi connectivity index (χ0v) is 18.9. The van der Waals surface area contributed by atoms with E-state index in [1.807, 2.05) is 59.3 Å². The Morgan fingerprint density at radius 1 is 0.886 bits per heavy atom. The lowest BCUT2D eigenvalue weighted by Gasteiger charge is -2.21. The molecule has 8 nitrogen and oxygen atoms in total. The summed E-state index contributed by atoms with van der Waals surface area (Å²) >= 11 is 0. The standard InChI is InChI=1S/C27H23N5O3/c33-26(28-22-7-2-1-3-8-22)19-31(18-23-9-6-16-35-23)27(34)21-14-12-20(13-15-21)17-32-25-11-5-4-10-24(25)29-30-32/h1-16H,17-19H2,(H,28,33). The van der Waals surface area contributed by atoms with Crippen LogP contribution >= 0.6 is 0 Å².